The molecule has 1 N–H and O–H groups in total. The Labute approximate surface area is 206 Å². The lowest BCUT2D eigenvalue weighted by atomic mass is 10.1. The number of carbonyl (C=O) groups is 1. The van der Waals surface area contributed by atoms with Crippen LogP contribution in [-0.2, 0) is 27.8 Å². The van der Waals surface area contributed by atoms with E-state index in [2.05, 4.69) is 25.1 Å². The van der Waals surface area contributed by atoms with Crippen molar-refractivity contribution in [2.45, 2.75) is 37.2 Å². The highest BCUT2D eigenvalue weighted by atomic mass is 35.5. The number of carbonyl (C=O) groups excluding carboxylic acids is 1. The summed E-state index contributed by atoms with van der Waals surface area (Å²) in [7, 11) is -4.01. The van der Waals surface area contributed by atoms with E-state index in [9.17, 15) is 13.2 Å². The average molecular weight is 519 g/mol. The zero-order valence-corrected chi connectivity index (χ0v) is 20.3. The van der Waals surface area contributed by atoms with Gasteiger partial charge in [-0.05, 0) is 41.5 Å². The van der Waals surface area contributed by atoms with Gasteiger partial charge < -0.3 is 0 Å². The minimum Gasteiger partial charge on any atom is -0.296 e. The van der Waals surface area contributed by atoms with E-state index in [1.165, 1.54) is 12.3 Å². The van der Waals surface area contributed by atoms with Crippen LogP contribution in [0.3, 0.4) is 0 Å². The first kappa shape index (κ1) is 24.2. The Morgan fingerprint density at radius 3 is 2.53 bits per heavy atom. The van der Waals surface area contributed by atoms with Gasteiger partial charge in [-0.25, -0.2) is 13.1 Å². The fourth-order valence-corrected chi connectivity index (χ4v) is 5.46. The molecule has 0 amide bonds. The average Bonchev–Trinajstić information content (AvgIpc) is 3.26. The third-order valence-electron chi connectivity index (χ3n) is 5.17. The van der Waals surface area contributed by atoms with Gasteiger partial charge in [0.1, 0.15) is 11.4 Å². The van der Waals surface area contributed by atoms with Crippen molar-refractivity contribution in [1.82, 2.24) is 29.9 Å². The Morgan fingerprint density at radius 2 is 1.79 bits per heavy atom. The SMILES string of the molecule is CCC(NS(=O)(=O)c1cccc2cccnc12)C(=O)Cn1nnc(Cc2c(Cl)cccc2Cl)n1. The van der Waals surface area contributed by atoms with Crippen molar-refractivity contribution in [2.24, 2.45) is 0 Å². The van der Waals surface area contributed by atoms with E-state index in [1.807, 2.05) is 0 Å². The van der Waals surface area contributed by atoms with Crippen molar-refractivity contribution in [1.29, 1.82) is 0 Å². The number of rotatable bonds is 9. The second-order valence-corrected chi connectivity index (χ2v) is 9.99. The van der Waals surface area contributed by atoms with Crippen molar-refractivity contribution in [3.05, 3.63) is 76.2 Å². The van der Waals surface area contributed by atoms with E-state index in [0.29, 0.717) is 32.3 Å². The third-order valence-corrected chi connectivity index (χ3v) is 7.38. The Kier molecular flexibility index (Phi) is 7.22. The maximum absolute atomic E-state index is 13.1. The van der Waals surface area contributed by atoms with Crippen LogP contribution in [0.25, 0.3) is 10.9 Å². The highest BCUT2D eigenvalue weighted by Crippen LogP contribution is 2.26. The van der Waals surface area contributed by atoms with E-state index in [0.717, 1.165) is 4.80 Å². The zero-order valence-electron chi connectivity index (χ0n) is 18.0. The van der Waals surface area contributed by atoms with Gasteiger partial charge in [0.15, 0.2) is 11.6 Å². The summed E-state index contributed by atoms with van der Waals surface area (Å²) in [4.78, 5) is 18.2. The quantitative estimate of drug-likeness (QED) is 0.360. The van der Waals surface area contributed by atoms with Gasteiger partial charge in [0.05, 0.1) is 11.6 Å². The molecule has 0 radical (unpaired) electrons. The molecule has 12 heteroatoms. The first-order chi connectivity index (χ1) is 16.3. The van der Waals surface area contributed by atoms with Gasteiger partial charge >= 0.3 is 0 Å². The van der Waals surface area contributed by atoms with Gasteiger partial charge in [0, 0.05) is 28.0 Å². The van der Waals surface area contributed by atoms with Crippen molar-refractivity contribution >= 4 is 49.9 Å². The Morgan fingerprint density at radius 1 is 1.09 bits per heavy atom. The van der Waals surface area contributed by atoms with Gasteiger partial charge in [-0.15, -0.1) is 10.2 Å². The number of tetrazole rings is 1. The molecule has 0 saturated heterocycles. The number of aromatic nitrogens is 5. The summed E-state index contributed by atoms with van der Waals surface area (Å²) in [5, 5.41) is 13.7. The summed E-state index contributed by atoms with van der Waals surface area (Å²) in [5.41, 5.74) is 0.986. The maximum atomic E-state index is 13.1. The molecule has 0 bridgehead atoms. The van der Waals surface area contributed by atoms with Crippen LogP contribution >= 0.6 is 23.2 Å². The van der Waals surface area contributed by atoms with E-state index in [1.54, 1.807) is 49.4 Å². The molecule has 1 unspecified atom stereocenters. The topological polar surface area (TPSA) is 120 Å². The molecule has 0 aliphatic carbocycles. The summed E-state index contributed by atoms with van der Waals surface area (Å²) in [6.07, 6.45) is 2.01. The van der Waals surface area contributed by atoms with Gasteiger partial charge in [0.2, 0.25) is 10.0 Å². The Hall–Kier alpha value is -2.92. The fourth-order valence-electron chi connectivity index (χ4n) is 3.44. The number of ketones is 1. The summed E-state index contributed by atoms with van der Waals surface area (Å²) < 4.78 is 28.6. The van der Waals surface area contributed by atoms with E-state index in [4.69, 9.17) is 23.2 Å². The molecule has 2 aromatic heterocycles. The van der Waals surface area contributed by atoms with Crippen LogP contribution in [-0.4, -0.2) is 45.4 Å². The van der Waals surface area contributed by atoms with Gasteiger partial charge in [-0.3, -0.25) is 9.78 Å². The summed E-state index contributed by atoms with van der Waals surface area (Å²) in [6, 6.07) is 12.5. The molecule has 1 atom stereocenters. The molecule has 9 nitrogen and oxygen atoms in total. The number of benzene rings is 2. The first-order valence-corrected chi connectivity index (χ1v) is 12.6. The van der Waals surface area contributed by atoms with Crippen LogP contribution in [0.2, 0.25) is 10.0 Å². The predicted octanol–water partition coefficient (Wildman–Crippen LogP) is 3.45. The van der Waals surface area contributed by atoms with Crippen molar-refractivity contribution < 1.29 is 13.2 Å². The lowest BCUT2D eigenvalue weighted by molar-refractivity contribution is -0.121. The van der Waals surface area contributed by atoms with E-state index < -0.39 is 21.8 Å². The minimum absolute atomic E-state index is 0.00892. The molecule has 2 aromatic carbocycles. The van der Waals surface area contributed by atoms with Crippen LogP contribution < -0.4 is 4.72 Å². The molecule has 0 aliphatic rings. The first-order valence-electron chi connectivity index (χ1n) is 10.4. The number of nitrogens with zero attached hydrogens (tertiary/aromatic N) is 5. The smallest absolute Gasteiger partial charge is 0.243 e. The number of Topliss-reactive ketones (excluding diaryl/α,β-unsaturated/α-hetero) is 1. The van der Waals surface area contributed by atoms with Gasteiger partial charge in [-0.2, -0.15) is 4.80 Å². The van der Waals surface area contributed by atoms with Crippen LogP contribution in [0.1, 0.15) is 24.7 Å². The molecular formula is C22H20Cl2N6O3S. The number of sulfonamides is 1. The summed E-state index contributed by atoms with van der Waals surface area (Å²) in [5.74, 6) is -0.0720. The predicted molar refractivity (Wildman–Crippen MR) is 128 cm³/mol. The second-order valence-electron chi connectivity index (χ2n) is 7.49. The number of hydrogen-bond donors (Lipinski definition) is 1. The number of hydrogen-bond acceptors (Lipinski definition) is 7. The van der Waals surface area contributed by atoms with Gasteiger partial charge in [0.25, 0.3) is 0 Å². The van der Waals surface area contributed by atoms with Crippen molar-refractivity contribution in [2.75, 3.05) is 0 Å². The maximum Gasteiger partial charge on any atom is 0.243 e. The zero-order chi connectivity index (χ0) is 24.3. The van der Waals surface area contributed by atoms with Crippen LogP contribution in [0, 0.1) is 0 Å². The molecule has 0 saturated carbocycles. The molecule has 176 valence electrons. The number of pyridine rings is 1. The molecule has 0 fully saturated rings. The number of fused-ring (bicyclic) bond motifs is 1. The van der Waals surface area contributed by atoms with Crippen LogP contribution in [0.15, 0.2) is 59.6 Å². The molecule has 4 rings (SSSR count). The number of nitrogens with one attached hydrogen (secondary N) is 1. The van der Waals surface area contributed by atoms with Gasteiger partial charge in [-0.1, -0.05) is 54.4 Å². The molecule has 34 heavy (non-hydrogen) atoms. The van der Waals surface area contributed by atoms with Crippen LogP contribution in [0.5, 0.6) is 0 Å². The Balaban J connectivity index is 1.48. The highest BCUT2D eigenvalue weighted by molar-refractivity contribution is 7.89. The summed E-state index contributed by atoms with van der Waals surface area (Å²) in [6.45, 7) is 1.46. The molecule has 0 spiro atoms. The van der Waals surface area contributed by atoms with E-state index >= 15 is 0 Å². The number of halogens is 2. The molecule has 2 heterocycles. The van der Waals surface area contributed by atoms with E-state index in [-0.39, 0.29) is 24.3 Å². The standard InChI is InChI=1S/C22H20Cl2N6O3S/c1-2-18(28-34(32,33)20-10-3-6-14-7-5-11-25-22(14)20)19(31)13-30-27-21(26-29-30)12-15-16(23)8-4-9-17(15)24/h3-11,18,28H,2,12-13H2,1H3. The molecule has 0 aliphatic heterocycles. The third kappa shape index (κ3) is 5.25. The second kappa shape index (κ2) is 10.1. The van der Waals surface area contributed by atoms with Crippen molar-refractivity contribution in [3.8, 4) is 0 Å². The molecule has 4 aromatic rings. The lowest BCUT2D eigenvalue weighted by Crippen LogP contribution is -2.42. The molecular weight excluding hydrogens is 499 g/mol. The number of para-hydroxylation sites is 1. The summed E-state index contributed by atoms with van der Waals surface area (Å²) >= 11 is 12.4. The normalized spacial score (nSPS) is 12.7. The monoisotopic (exact) mass is 518 g/mol. The largest absolute Gasteiger partial charge is 0.296 e. The lowest BCUT2D eigenvalue weighted by Gasteiger charge is -2.16. The van der Waals surface area contributed by atoms with Crippen molar-refractivity contribution in [3.63, 3.8) is 0 Å². The Bertz CT molecular complexity index is 1430. The highest BCUT2D eigenvalue weighted by Gasteiger charge is 2.27. The minimum atomic E-state index is -4.01. The fraction of sp³-hybridized carbons (Fsp3) is 0.227. The van der Waals surface area contributed by atoms with Crippen LogP contribution in [0.4, 0.5) is 0 Å².